The lowest BCUT2D eigenvalue weighted by molar-refractivity contribution is 0.578. The van der Waals surface area contributed by atoms with Gasteiger partial charge in [-0.1, -0.05) is 36.9 Å². The average molecular weight is 431 g/mol. The smallest absolute Gasteiger partial charge is 0.350 e. The van der Waals surface area contributed by atoms with Crippen molar-refractivity contribution in [3.05, 3.63) is 42.5 Å². The molecule has 0 saturated carbocycles. The van der Waals surface area contributed by atoms with Crippen LogP contribution in [0.1, 0.15) is 5.56 Å². The van der Waals surface area contributed by atoms with Crippen molar-refractivity contribution in [3.8, 4) is 0 Å². The van der Waals surface area contributed by atoms with Crippen LogP contribution < -0.4 is 0 Å². The van der Waals surface area contributed by atoms with E-state index in [9.17, 15) is 0 Å². The van der Waals surface area contributed by atoms with E-state index in [4.69, 9.17) is 60.7 Å². The summed E-state index contributed by atoms with van der Waals surface area (Å²) in [4.78, 5) is 0. The standard InChI is InChI=1S/C8H7Cl5N3OP3/c1-7(8-5-3-2-4-6-8)17-20(13)15-18(9,10)14-19(11,12)16-20/h2-6H,1H2. The van der Waals surface area contributed by atoms with Gasteiger partial charge >= 0.3 is 6.78 Å². The molecule has 1 aliphatic heterocycles. The van der Waals surface area contributed by atoms with Gasteiger partial charge in [0, 0.05) is 5.56 Å². The molecule has 0 aliphatic carbocycles. The van der Waals surface area contributed by atoms with E-state index in [0.29, 0.717) is 0 Å². The number of hydrogen-bond donors (Lipinski definition) is 0. The Kier molecular flexibility index (Phi) is 5.34. The molecule has 0 radical (unpaired) electrons. The fourth-order valence-electron chi connectivity index (χ4n) is 1.30. The molecular formula is C8H7Cl5N3OP3. The van der Waals surface area contributed by atoms with Crippen LogP contribution in [0.4, 0.5) is 0 Å². The largest absolute Gasteiger partial charge is 0.431 e. The summed E-state index contributed by atoms with van der Waals surface area (Å²) in [6.07, 6.45) is 0. The van der Waals surface area contributed by atoms with E-state index in [1.165, 1.54) is 0 Å². The van der Waals surface area contributed by atoms with Gasteiger partial charge in [0.1, 0.15) is 5.76 Å². The van der Waals surface area contributed by atoms with Crippen molar-refractivity contribution in [2.45, 2.75) is 0 Å². The Morgan fingerprint density at radius 1 is 0.900 bits per heavy atom. The van der Waals surface area contributed by atoms with Crippen molar-refractivity contribution in [3.63, 3.8) is 0 Å². The predicted molar refractivity (Wildman–Crippen MR) is 93.9 cm³/mol. The predicted octanol–water partition coefficient (Wildman–Crippen LogP) is 8.72. The molecule has 2 rings (SSSR count). The quantitative estimate of drug-likeness (QED) is 0.349. The Labute approximate surface area is 140 Å². The first-order valence-corrected chi connectivity index (χ1v) is 14.5. The second-order valence-corrected chi connectivity index (χ2v) is 16.6. The summed E-state index contributed by atoms with van der Waals surface area (Å²) in [5.41, 5.74) is 0.724. The number of halogens is 5. The molecule has 0 bridgehead atoms. The van der Waals surface area contributed by atoms with Gasteiger partial charge in [0.2, 0.25) is 0 Å². The molecule has 0 spiro atoms. The summed E-state index contributed by atoms with van der Waals surface area (Å²) in [5, 5.41) is 0. The Bertz CT molecular complexity index is 700. The fraction of sp³-hybridized carbons (Fsp3) is 0. The molecule has 1 aliphatic rings. The molecule has 12 heteroatoms. The van der Waals surface area contributed by atoms with Gasteiger partial charge in [-0.2, -0.15) is 13.5 Å². The van der Waals surface area contributed by atoms with Crippen LogP contribution >= 0.6 is 74.8 Å². The Morgan fingerprint density at radius 2 is 1.45 bits per heavy atom. The van der Waals surface area contributed by atoms with E-state index in [1.807, 2.05) is 18.2 Å². The van der Waals surface area contributed by atoms with Gasteiger partial charge in [-0.3, -0.25) is 0 Å². The molecule has 0 fully saturated rings. The van der Waals surface area contributed by atoms with Gasteiger partial charge in [-0.25, -0.2) is 0 Å². The van der Waals surface area contributed by atoms with Crippen LogP contribution in [0.25, 0.3) is 5.76 Å². The zero-order chi connectivity index (χ0) is 15.0. The number of rotatable bonds is 3. The van der Waals surface area contributed by atoms with Gasteiger partial charge in [0.15, 0.2) is 0 Å². The lowest BCUT2D eigenvalue weighted by Gasteiger charge is -2.22. The summed E-state index contributed by atoms with van der Waals surface area (Å²) >= 11 is 30.0. The Balaban J connectivity index is 2.39. The average Bonchev–Trinajstić information content (AvgIpc) is 2.24. The lowest BCUT2D eigenvalue weighted by Crippen LogP contribution is -1.86. The SMILES string of the molecule is C=C(OP1(Cl)=NP(Cl)(Cl)=NP(Cl)(Cl)=N1)c1ccccc1. The zero-order valence-corrected chi connectivity index (χ0v) is 16.0. The highest BCUT2D eigenvalue weighted by Crippen LogP contribution is 2.87. The van der Waals surface area contributed by atoms with Crippen molar-refractivity contribution in [1.82, 2.24) is 0 Å². The molecule has 0 amide bonds. The maximum absolute atomic E-state index is 6.24. The summed E-state index contributed by atoms with van der Waals surface area (Å²) in [7, 11) is 0. The van der Waals surface area contributed by atoms with E-state index in [0.717, 1.165) is 5.56 Å². The molecule has 1 atom stereocenters. The second kappa shape index (κ2) is 6.19. The topological polar surface area (TPSA) is 46.3 Å². The Morgan fingerprint density at radius 3 is 2.00 bits per heavy atom. The van der Waals surface area contributed by atoms with Crippen molar-refractivity contribution in [2.75, 3.05) is 0 Å². The van der Waals surface area contributed by atoms with Gasteiger partial charge < -0.3 is 4.52 Å². The minimum absolute atomic E-state index is 0.282. The molecule has 0 saturated heterocycles. The van der Waals surface area contributed by atoms with Crippen molar-refractivity contribution < 1.29 is 4.52 Å². The van der Waals surface area contributed by atoms with Crippen molar-refractivity contribution in [2.24, 2.45) is 13.5 Å². The molecule has 4 nitrogen and oxygen atoms in total. The summed E-state index contributed by atoms with van der Waals surface area (Å²) < 4.78 is 17.3. The van der Waals surface area contributed by atoms with Gasteiger partial charge in [-0.05, 0) is 56.2 Å². The third kappa shape index (κ3) is 4.70. The molecule has 0 aromatic heterocycles. The van der Waals surface area contributed by atoms with E-state index in [-0.39, 0.29) is 5.76 Å². The third-order valence-electron chi connectivity index (χ3n) is 1.97. The van der Waals surface area contributed by atoms with E-state index in [2.05, 4.69) is 20.1 Å². The number of hydrogen-bond acceptors (Lipinski definition) is 4. The highest BCUT2D eigenvalue weighted by atomic mass is 35.9. The highest BCUT2D eigenvalue weighted by molar-refractivity contribution is 8.22. The molecular weight excluding hydrogens is 424 g/mol. The summed E-state index contributed by atoms with van der Waals surface area (Å²) in [6.45, 7) is 0.554. The van der Waals surface area contributed by atoms with Gasteiger partial charge in [0.25, 0.3) is 11.8 Å². The van der Waals surface area contributed by atoms with E-state index >= 15 is 0 Å². The minimum atomic E-state index is -3.23. The molecule has 20 heavy (non-hydrogen) atoms. The summed E-state index contributed by atoms with van der Waals surface area (Å²) in [5.74, 6) is -5.90. The van der Waals surface area contributed by atoms with Crippen LogP contribution in [0.3, 0.4) is 0 Å². The first-order valence-electron chi connectivity index (χ1n) is 4.95. The van der Waals surface area contributed by atoms with Crippen molar-refractivity contribution >= 4 is 80.6 Å². The highest BCUT2D eigenvalue weighted by Gasteiger charge is 2.34. The monoisotopic (exact) mass is 429 g/mol. The molecule has 1 unspecified atom stereocenters. The van der Waals surface area contributed by atoms with Crippen LogP contribution in [-0.2, 0) is 4.52 Å². The molecule has 110 valence electrons. The number of nitrogens with zero attached hydrogens (tertiary/aromatic N) is 3. The number of benzene rings is 1. The Hall–Kier alpha value is 0.900. The maximum Gasteiger partial charge on any atom is 0.350 e. The van der Waals surface area contributed by atoms with Crippen LogP contribution in [0.15, 0.2) is 50.5 Å². The summed E-state index contributed by atoms with van der Waals surface area (Å²) in [6, 6.07) is 9.11. The van der Waals surface area contributed by atoms with Gasteiger partial charge in [-0.15, -0.1) is 0 Å². The van der Waals surface area contributed by atoms with Crippen LogP contribution in [0.5, 0.6) is 0 Å². The fourth-order valence-corrected chi connectivity index (χ4v) is 17.9. The molecule has 0 N–H and O–H groups in total. The van der Waals surface area contributed by atoms with Gasteiger partial charge in [0.05, 0.1) is 0 Å². The van der Waals surface area contributed by atoms with E-state index < -0.39 is 18.6 Å². The molecule has 1 heterocycles. The molecule has 1 aromatic carbocycles. The second-order valence-electron chi connectivity index (χ2n) is 3.53. The van der Waals surface area contributed by atoms with Crippen molar-refractivity contribution in [1.29, 1.82) is 0 Å². The lowest BCUT2D eigenvalue weighted by atomic mass is 10.2. The van der Waals surface area contributed by atoms with Crippen LogP contribution in [0, 0.1) is 0 Å². The van der Waals surface area contributed by atoms with Crippen LogP contribution in [-0.4, -0.2) is 0 Å². The first-order chi connectivity index (χ1) is 9.11. The normalized spacial score (nSPS) is 26.6. The van der Waals surface area contributed by atoms with E-state index in [1.54, 1.807) is 12.1 Å². The minimum Gasteiger partial charge on any atom is -0.431 e. The van der Waals surface area contributed by atoms with Crippen LogP contribution in [0.2, 0.25) is 0 Å². The maximum atomic E-state index is 6.24. The third-order valence-corrected chi connectivity index (χ3v) is 13.9. The first kappa shape index (κ1) is 17.3. The molecule has 1 aromatic rings. The zero-order valence-electron chi connectivity index (χ0n) is 9.58.